The molecule has 1 aromatic rings. The lowest BCUT2D eigenvalue weighted by atomic mass is 10.3. The van der Waals surface area contributed by atoms with Crippen LogP contribution in [0.1, 0.15) is 0 Å². The minimum Gasteiger partial charge on any atom is -0.468 e. The Morgan fingerprint density at radius 2 is 2.38 bits per heavy atom. The zero-order valence-corrected chi connectivity index (χ0v) is 10.8. The van der Waals surface area contributed by atoms with Crippen molar-refractivity contribution in [2.45, 2.75) is 4.83 Å². The van der Waals surface area contributed by atoms with Crippen LogP contribution in [0.5, 0.6) is 0 Å². The van der Waals surface area contributed by atoms with Gasteiger partial charge in [0, 0.05) is 12.2 Å². The monoisotopic (exact) mass is 309 g/mol. The fraction of sp³-hybridized carbons (Fsp3) is 0.300. The van der Waals surface area contributed by atoms with Crippen LogP contribution in [-0.2, 0) is 9.53 Å². The van der Waals surface area contributed by atoms with Crippen LogP contribution < -0.4 is 5.32 Å². The van der Waals surface area contributed by atoms with Crippen LogP contribution in [0.15, 0.2) is 18.2 Å². The van der Waals surface area contributed by atoms with Gasteiger partial charge in [-0.05, 0) is 18.2 Å². The van der Waals surface area contributed by atoms with Gasteiger partial charge < -0.3 is 10.1 Å². The van der Waals surface area contributed by atoms with Crippen LogP contribution >= 0.6 is 27.5 Å². The van der Waals surface area contributed by atoms with Crippen LogP contribution in [-0.4, -0.2) is 24.5 Å². The molecule has 0 saturated heterocycles. The zero-order chi connectivity index (χ0) is 12.1. The maximum Gasteiger partial charge on any atom is 0.321 e. The first-order valence-electron chi connectivity index (χ1n) is 4.45. The van der Waals surface area contributed by atoms with E-state index in [2.05, 4.69) is 26.0 Å². The van der Waals surface area contributed by atoms with Gasteiger partial charge in [-0.3, -0.25) is 4.79 Å². The van der Waals surface area contributed by atoms with Crippen molar-refractivity contribution in [1.82, 2.24) is 0 Å². The molecule has 0 aliphatic rings. The molecule has 16 heavy (non-hydrogen) atoms. The van der Waals surface area contributed by atoms with E-state index < -0.39 is 10.6 Å². The molecule has 1 rings (SSSR count). The number of ether oxygens (including phenoxy) is 1. The van der Waals surface area contributed by atoms with Gasteiger partial charge in [-0.25, -0.2) is 4.39 Å². The lowest BCUT2D eigenvalue weighted by molar-refractivity contribution is -0.139. The molecule has 0 fully saturated rings. The van der Waals surface area contributed by atoms with Crippen molar-refractivity contribution in [3.8, 4) is 0 Å². The number of esters is 1. The zero-order valence-electron chi connectivity index (χ0n) is 8.47. The third kappa shape index (κ3) is 3.64. The summed E-state index contributed by atoms with van der Waals surface area (Å²) in [5, 5.41) is 2.95. The number of anilines is 1. The number of alkyl halides is 1. The quantitative estimate of drug-likeness (QED) is 0.686. The van der Waals surface area contributed by atoms with Crippen LogP contribution in [0.25, 0.3) is 0 Å². The second-order valence-corrected chi connectivity index (χ2v) is 4.51. The van der Waals surface area contributed by atoms with Gasteiger partial charge in [0.25, 0.3) is 0 Å². The van der Waals surface area contributed by atoms with Crippen molar-refractivity contribution in [2.75, 3.05) is 19.0 Å². The fourth-order valence-electron chi connectivity index (χ4n) is 1.02. The summed E-state index contributed by atoms with van der Waals surface area (Å²) in [6.07, 6.45) is 0. The number of carbonyl (C=O) groups is 1. The fourth-order valence-corrected chi connectivity index (χ4v) is 1.49. The molecule has 0 heterocycles. The Morgan fingerprint density at radius 1 is 1.69 bits per heavy atom. The summed E-state index contributed by atoms with van der Waals surface area (Å²) < 4.78 is 17.6. The molecular weight excluding hydrogens is 300 g/mol. The molecule has 1 unspecified atom stereocenters. The SMILES string of the molecule is COC(=O)C(Br)CNc1ccc(Cl)c(F)c1. The molecule has 0 amide bonds. The number of hydrogen-bond acceptors (Lipinski definition) is 3. The molecule has 0 radical (unpaired) electrons. The van der Waals surface area contributed by atoms with Crippen molar-refractivity contribution in [3.05, 3.63) is 29.0 Å². The standard InChI is InChI=1S/C10H10BrClFNO2/c1-16-10(15)7(11)5-14-6-2-3-8(12)9(13)4-6/h2-4,7,14H,5H2,1H3. The molecule has 0 aromatic heterocycles. The lowest BCUT2D eigenvalue weighted by Gasteiger charge is -2.10. The molecule has 1 N–H and O–H groups in total. The van der Waals surface area contributed by atoms with Gasteiger partial charge in [0.1, 0.15) is 10.6 Å². The predicted molar refractivity (Wildman–Crippen MR) is 64.6 cm³/mol. The molecule has 0 aliphatic heterocycles. The molecular formula is C10H10BrClFNO2. The molecule has 3 nitrogen and oxygen atoms in total. The maximum absolute atomic E-state index is 13.1. The summed E-state index contributed by atoms with van der Waals surface area (Å²) in [4.78, 5) is 10.6. The maximum atomic E-state index is 13.1. The van der Waals surface area contributed by atoms with E-state index in [1.165, 1.54) is 19.2 Å². The normalized spacial score (nSPS) is 12.0. The lowest BCUT2D eigenvalue weighted by Crippen LogP contribution is -2.24. The van der Waals surface area contributed by atoms with E-state index in [1.807, 2.05) is 0 Å². The molecule has 1 atom stereocenters. The largest absolute Gasteiger partial charge is 0.468 e. The van der Waals surface area contributed by atoms with Crippen LogP contribution in [0, 0.1) is 5.82 Å². The van der Waals surface area contributed by atoms with Crippen molar-refractivity contribution >= 4 is 39.2 Å². The molecule has 0 saturated carbocycles. The summed E-state index contributed by atoms with van der Waals surface area (Å²) in [7, 11) is 1.30. The van der Waals surface area contributed by atoms with Gasteiger partial charge in [-0.1, -0.05) is 27.5 Å². The highest BCUT2D eigenvalue weighted by atomic mass is 79.9. The van der Waals surface area contributed by atoms with Crippen molar-refractivity contribution < 1.29 is 13.9 Å². The number of halogens is 3. The van der Waals surface area contributed by atoms with Gasteiger partial charge in [0.15, 0.2) is 0 Å². The van der Waals surface area contributed by atoms with E-state index in [9.17, 15) is 9.18 Å². The van der Waals surface area contributed by atoms with Crippen LogP contribution in [0.2, 0.25) is 5.02 Å². The molecule has 0 aliphatic carbocycles. The van der Waals surface area contributed by atoms with Crippen LogP contribution in [0.4, 0.5) is 10.1 Å². The first kappa shape index (κ1) is 13.3. The topological polar surface area (TPSA) is 38.3 Å². The van der Waals surface area contributed by atoms with E-state index in [0.717, 1.165) is 0 Å². The Labute approximate surface area is 106 Å². The van der Waals surface area contributed by atoms with E-state index in [1.54, 1.807) is 6.07 Å². The number of benzene rings is 1. The summed E-state index contributed by atoms with van der Waals surface area (Å²) >= 11 is 8.67. The summed E-state index contributed by atoms with van der Waals surface area (Å²) in [6.45, 7) is 0.299. The van der Waals surface area contributed by atoms with Gasteiger partial charge in [-0.15, -0.1) is 0 Å². The smallest absolute Gasteiger partial charge is 0.321 e. The molecule has 88 valence electrons. The highest BCUT2D eigenvalue weighted by Gasteiger charge is 2.14. The molecule has 0 spiro atoms. The minimum absolute atomic E-state index is 0.0638. The third-order valence-corrected chi connectivity index (χ3v) is 2.87. The van der Waals surface area contributed by atoms with E-state index >= 15 is 0 Å². The predicted octanol–water partition coefficient (Wildman–Crippen LogP) is 2.83. The highest BCUT2D eigenvalue weighted by molar-refractivity contribution is 9.10. The average molecular weight is 311 g/mol. The number of nitrogens with one attached hydrogen (secondary N) is 1. The Balaban J connectivity index is 2.55. The third-order valence-electron chi connectivity index (χ3n) is 1.86. The number of rotatable bonds is 4. The molecule has 1 aromatic carbocycles. The Bertz CT molecular complexity index is 389. The van der Waals surface area contributed by atoms with Gasteiger partial charge >= 0.3 is 5.97 Å². The summed E-state index contributed by atoms with van der Waals surface area (Å²) in [5.41, 5.74) is 0.551. The van der Waals surface area contributed by atoms with Crippen molar-refractivity contribution in [1.29, 1.82) is 0 Å². The Kier molecular flexibility index (Phi) is 5.02. The first-order chi connectivity index (χ1) is 7.54. The van der Waals surface area contributed by atoms with Crippen molar-refractivity contribution in [2.24, 2.45) is 0 Å². The molecule has 0 bridgehead atoms. The number of hydrogen-bond donors (Lipinski definition) is 1. The minimum atomic E-state index is -0.504. The number of methoxy groups -OCH3 is 1. The summed E-state index contributed by atoms with van der Waals surface area (Å²) in [5.74, 6) is -0.891. The first-order valence-corrected chi connectivity index (χ1v) is 5.74. The van der Waals surface area contributed by atoms with Gasteiger partial charge in [0.05, 0.1) is 12.1 Å². The van der Waals surface area contributed by atoms with E-state index in [4.69, 9.17) is 11.6 Å². The number of carbonyl (C=O) groups excluding carboxylic acids is 1. The Morgan fingerprint density at radius 3 is 2.94 bits per heavy atom. The summed E-state index contributed by atoms with van der Waals surface area (Å²) in [6, 6.07) is 4.34. The van der Waals surface area contributed by atoms with Gasteiger partial charge in [0.2, 0.25) is 0 Å². The van der Waals surface area contributed by atoms with E-state index in [0.29, 0.717) is 12.2 Å². The van der Waals surface area contributed by atoms with Gasteiger partial charge in [-0.2, -0.15) is 0 Å². The second kappa shape index (κ2) is 6.06. The Hall–Kier alpha value is -0.810. The van der Waals surface area contributed by atoms with Crippen molar-refractivity contribution in [3.63, 3.8) is 0 Å². The molecule has 6 heteroatoms. The second-order valence-electron chi connectivity index (χ2n) is 3.00. The average Bonchev–Trinajstić information content (AvgIpc) is 2.29. The van der Waals surface area contributed by atoms with E-state index in [-0.39, 0.29) is 11.0 Å². The highest BCUT2D eigenvalue weighted by Crippen LogP contribution is 2.19. The van der Waals surface area contributed by atoms with Crippen LogP contribution in [0.3, 0.4) is 0 Å².